The fourth-order valence-corrected chi connectivity index (χ4v) is 7.41. The molecule has 5 aliphatic rings. The maximum atomic E-state index is 12.4. The van der Waals surface area contributed by atoms with E-state index < -0.39 is 0 Å². The van der Waals surface area contributed by atoms with E-state index in [0.717, 1.165) is 50.4 Å². The van der Waals surface area contributed by atoms with Crippen molar-refractivity contribution in [2.45, 2.75) is 64.7 Å². The summed E-state index contributed by atoms with van der Waals surface area (Å²) in [5, 5.41) is 0. The highest BCUT2D eigenvalue weighted by Crippen LogP contribution is 2.68. The summed E-state index contributed by atoms with van der Waals surface area (Å²) in [6, 6.07) is 0. The second-order valence-corrected chi connectivity index (χ2v) is 9.00. The Morgan fingerprint density at radius 3 is 2.73 bits per heavy atom. The molecule has 6 atom stereocenters. The monoisotopic (exact) mass is 298 g/mol. The number of hydrogen-bond acceptors (Lipinski definition) is 2. The van der Waals surface area contributed by atoms with E-state index in [2.05, 4.69) is 6.92 Å². The summed E-state index contributed by atoms with van der Waals surface area (Å²) in [4.78, 5) is 24.7. The molecule has 4 saturated carbocycles. The molecule has 0 heterocycles. The summed E-state index contributed by atoms with van der Waals surface area (Å²) in [7, 11) is 0. The normalized spacial score (nSPS) is 52.9. The van der Waals surface area contributed by atoms with Gasteiger partial charge in [-0.15, -0.1) is 0 Å². The molecule has 2 heteroatoms. The lowest BCUT2D eigenvalue weighted by molar-refractivity contribution is -0.132. The van der Waals surface area contributed by atoms with Gasteiger partial charge in [-0.3, -0.25) is 9.59 Å². The molecule has 4 fully saturated rings. The van der Waals surface area contributed by atoms with E-state index in [0.29, 0.717) is 28.8 Å². The quantitative estimate of drug-likeness (QED) is 0.675. The van der Waals surface area contributed by atoms with E-state index in [1.807, 2.05) is 6.08 Å². The first-order valence-corrected chi connectivity index (χ1v) is 9.33. The van der Waals surface area contributed by atoms with Gasteiger partial charge in [0.2, 0.25) is 0 Å². The molecule has 0 amide bonds. The van der Waals surface area contributed by atoms with Crippen LogP contribution in [0.1, 0.15) is 64.7 Å². The maximum Gasteiger partial charge on any atom is 0.158 e. The first-order chi connectivity index (χ1) is 10.5. The molecular weight excluding hydrogens is 272 g/mol. The molecule has 118 valence electrons. The van der Waals surface area contributed by atoms with Crippen molar-refractivity contribution in [2.75, 3.05) is 0 Å². The molecule has 0 aromatic carbocycles. The molecule has 0 N–H and O–H groups in total. The standard InChI is InChI=1S/C20H26O2/c1-19-8-7-16-14(15(19)4-5-18(19)22)3-2-13-10-17(21)12-6-9-20(13,16)11-12/h10,12,14-16H,2-9,11H2,1H3/t12-,14-,15-,16-,19-,20?/m0/s1. The average molecular weight is 298 g/mol. The Labute approximate surface area is 132 Å². The topological polar surface area (TPSA) is 34.1 Å². The molecule has 1 unspecified atom stereocenters. The summed E-state index contributed by atoms with van der Waals surface area (Å²) >= 11 is 0. The Morgan fingerprint density at radius 2 is 1.86 bits per heavy atom. The van der Waals surface area contributed by atoms with Crippen LogP contribution in [0.3, 0.4) is 0 Å². The number of fused-ring (bicyclic) bond motifs is 4. The van der Waals surface area contributed by atoms with E-state index in [9.17, 15) is 9.59 Å². The maximum absolute atomic E-state index is 12.4. The molecule has 2 bridgehead atoms. The van der Waals surface area contributed by atoms with Gasteiger partial charge in [-0.1, -0.05) is 12.5 Å². The van der Waals surface area contributed by atoms with Crippen LogP contribution in [0.5, 0.6) is 0 Å². The fourth-order valence-electron chi connectivity index (χ4n) is 7.41. The molecule has 1 spiro atoms. The zero-order valence-corrected chi connectivity index (χ0v) is 13.6. The minimum atomic E-state index is -0.0124. The number of hydrogen-bond donors (Lipinski definition) is 0. The summed E-state index contributed by atoms with van der Waals surface area (Å²) in [5.74, 6) is 3.41. The van der Waals surface area contributed by atoms with Crippen LogP contribution < -0.4 is 0 Å². The van der Waals surface area contributed by atoms with E-state index in [1.165, 1.54) is 24.8 Å². The first kappa shape index (κ1) is 13.5. The minimum absolute atomic E-state index is 0.0124. The number of allylic oxidation sites excluding steroid dienone is 1. The first-order valence-electron chi connectivity index (χ1n) is 9.33. The van der Waals surface area contributed by atoms with E-state index >= 15 is 0 Å². The van der Waals surface area contributed by atoms with Crippen LogP contribution in [0.25, 0.3) is 0 Å². The van der Waals surface area contributed by atoms with Gasteiger partial charge in [-0.2, -0.15) is 0 Å². The van der Waals surface area contributed by atoms with Crippen LogP contribution in [0, 0.1) is 34.5 Å². The minimum Gasteiger partial charge on any atom is -0.299 e. The van der Waals surface area contributed by atoms with E-state index in [-0.39, 0.29) is 5.41 Å². The SMILES string of the molecule is C[C@]12CC[C@H]3[C@@H](CCC4=CC(=O)[C@H]5CCC43C5)[C@@H]1CCC2=O. The highest BCUT2D eigenvalue weighted by atomic mass is 16.1. The average Bonchev–Trinajstić information content (AvgIpc) is 3.02. The fraction of sp³-hybridized carbons (Fsp3) is 0.800. The summed E-state index contributed by atoms with van der Waals surface area (Å²) in [6.45, 7) is 2.26. The van der Waals surface area contributed by atoms with E-state index in [1.54, 1.807) is 0 Å². The Hall–Kier alpha value is -0.920. The van der Waals surface area contributed by atoms with Crippen molar-refractivity contribution < 1.29 is 9.59 Å². The van der Waals surface area contributed by atoms with Crippen LogP contribution in [-0.2, 0) is 9.59 Å². The molecule has 0 radical (unpaired) electrons. The number of rotatable bonds is 0. The van der Waals surface area contributed by atoms with Crippen LogP contribution in [0.15, 0.2) is 11.6 Å². The summed E-state index contributed by atoms with van der Waals surface area (Å²) < 4.78 is 0. The third-order valence-corrected chi connectivity index (χ3v) is 8.51. The smallest absolute Gasteiger partial charge is 0.158 e. The van der Waals surface area contributed by atoms with Crippen molar-refractivity contribution in [3.05, 3.63) is 11.6 Å². The number of carbonyl (C=O) groups is 2. The third kappa shape index (κ3) is 1.43. The molecule has 0 aliphatic heterocycles. The Kier molecular flexibility index (Phi) is 2.54. The van der Waals surface area contributed by atoms with Crippen molar-refractivity contribution in [1.29, 1.82) is 0 Å². The second-order valence-electron chi connectivity index (χ2n) is 9.00. The lowest BCUT2D eigenvalue weighted by Gasteiger charge is -2.56. The van der Waals surface area contributed by atoms with Gasteiger partial charge in [0.05, 0.1) is 0 Å². The van der Waals surface area contributed by atoms with Crippen LogP contribution in [0.4, 0.5) is 0 Å². The lowest BCUT2D eigenvalue weighted by Crippen LogP contribution is -2.50. The van der Waals surface area contributed by atoms with Gasteiger partial charge in [0.25, 0.3) is 0 Å². The van der Waals surface area contributed by atoms with Gasteiger partial charge in [0.15, 0.2) is 5.78 Å². The number of ketones is 2. The van der Waals surface area contributed by atoms with Gasteiger partial charge in [-0.05, 0) is 80.6 Å². The molecule has 0 saturated heterocycles. The van der Waals surface area contributed by atoms with Crippen molar-refractivity contribution in [3.8, 4) is 0 Å². The van der Waals surface area contributed by atoms with E-state index in [4.69, 9.17) is 0 Å². The summed E-state index contributed by atoms with van der Waals surface area (Å²) in [6.07, 6.45) is 12.2. The largest absolute Gasteiger partial charge is 0.299 e. The molecule has 5 aliphatic carbocycles. The Morgan fingerprint density at radius 1 is 1.00 bits per heavy atom. The second kappa shape index (κ2) is 4.13. The predicted octanol–water partition coefficient (Wildman–Crippen LogP) is 4.09. The molecule has 5 rings (SSSR count). The Balaban J connectivity index is 1.56. The van der Waals surface area contributed by atoms with Crippen LogP contribution in [0.2, 0.25) is 0 Å². The van der Waals surface area contributed by atoms with Gasteiger partial charge in [-0.25, -0.2) is 0 Å². The molecule has 0 aromatic heterocycles. The van der Waals surface area contributed by atoms with Crippen molar-refractivity contribution in [3.63, 3.8) is 0 Å². The molecule has 0 aromatic rings. The lowest BCUT2D eigenvalue weighted by atomic mass is 9.47. The van der Waals surface area contributed by atoms with Crippen LogP contribution in [-0.4, -0.2) is 11.6 Å². The van der Waals surface area contributed by atoms with Gasteiger partial charge in [0, 0.05) is 17.8 Å². The van der Waals surface area contributed by atoms with Gasteiger partial charge < -0.3 is 0 Å². The number of carbonyl (C=O) groups excluding carboxylic acids is 2. The molecule has 22 heavy (non-hydrogen) atoms. The van der Waals surface area contributed by atoms with Crippen molar-refractivity contribution >= 4 is 11.6 Å². The molecular formula is C20H26O2. The number of Topliss-reactive ketones (excluding diaryl/α,β-unsaturated/α-hetero) is 1. The zero-order valence-electron chi connectivity index (χ0n) is 13.6. The highest BCUT2D eigenvalue weighted by molar-refractivity contribution is 5.94. The third-order valence-electron chi connectivity index (χ3n) is 8.51. The van der Waals surface area contributed by atoms with Crippen molar-refractivity contribution in [1.82, 2.24) is 0 Å². The van der Waals surface area contributed by atoms with Gasteiger partial charge >= 0.3 is 0 Å². The van der Waals surface area contributed by atoms with Crippen LogP contribution >= 0.6 is 0 Å². The zero-order chi connectivity index (χ0) is 15.1. The predicted molar refractivity (Wildman–Crippen MR) is 84.2 cm³/mol. The Bertz CT molecular complexity index is 603. The molecule has 2 nitrogen and oxygen atoms in total. The summed E-state index contributed by atoms with van der Waals surface area (Å²) in [5.41, 5.74) is 1.84. The van der Waals surface area contributed by atoms with Gasteiger partial charge in [0.1, 0.15) is 5.78 Å². The highest BCUT2D eigenvalue weighted by Gasteiger charge is 2.62. The van der Waals surface area contributed by atoms with Crippen molar-refractivity contribution in [2.24, 2.45) is 34.5 Å².